The molecule has 0 atom stereocenters. The van der Waals surface area contributed by atoms with E-state index in [1.54, 1.807) is 13.1 Å². The normalized spacial score (nSPS) is 10.3. The maximum Gasteiger partial charge on any atom is 0.173 e. The van der Waals surface area contributed by atoms with Gasteiger partial charge in [0.25, 0.3) is 0 Å². The predicted molar refractivity (Wildman–Crippen MR) is 54.3 cm³/mol. The lowest BCUT2D eigenvalue weighted by Gasteiger charge is -1.99. The van der Waals surface area contributed by atoms with Crippen LogP contribution in [0.5, 0.6) is 0 Å². The first kappa shape index (κ1) is 9.79. The summed E-state index contributed by atoms with van der Waals surface area (Å²) in [4.78, 5) is 18.7. The number of hydrogen-bond donors (Lipinski definition) is 0. The van der Waals surface area contributed by atoms with Gasteiger partial charge >= 0.3 is 0 Å². The molecule has 2 aromatic rings. The zero-order chi connectivity index (χ0) is 10.8. The van der Waals surface area contributed by atoms with Crippen LogP contribution < -0.4 is 0 Å². The van der Waals surface area contributed by atoms with E-state index in [4.69, 9.17) is 11.6 Å². The molecule has 2 aromatic heterocycles. The number of hydrogen-bond acceptors (Lipinski definition) is 4. The Hall–Kier alpha value is -1.75. The van der Waals surface area contributed by atoms with E-state index in [-0.39, 0.29) is 5.15 Å². The van der Waals surface area contributed by atoms with Gasteiger partial charge in [0.15, 0.2) is 12.1 Å². The summed E-state index contributed by atoms with van der Waals surface area (Å²) in [5.74, 6) is 0.485. The predicted octanol–water partition coefficient (Wildman–Crippen LogP) is 1.44. The van der Waals surface area contributed by atoms with Crippen molar-refractivity contribution in [2.24, 2.45) is 0 Å². The Morgan fingerprint density at radius 3 is 2.80 bits per heavy atom. The molecule has 5 nitrogen and oxygen atoms in total. The largest absolute Gasteiger partial charge is 0.298 e. The lowest BCUT2D eigenvalue weighted by molar-refractivity contribution is 0.112. The molecule has 0 N–H and O–H groups in total. The molecule has 0 aromatic carbocycles. The van der Waals surface area contributed by atoms with Gasteiger partial charge in [0, 0.05) is 12.4 Å². The number of halogens is 1. The van der Waals surface area contributed by atoms with Crippen LogP contribution >= 0.6 is 11.6 Å². The van der Waals surface area contributed by atoms with E-state index in [1.165, 1.54) is 17.1 Å². The lowest BCUT2D eigenvalue weighted by atomic mass is 10.3. The molecule has 2 rings (SSSR count). The number of carbonyl (C=O) groups is 1. The van der Waals surface area contributed by atoms with Gasteiger partial charge < -0.3 is 0 Å². The Bertz CT molecular complexity index is 494. The first-order valence-corrected chi connectivity index (χ1v) is 4.58. The molecule has 0 fully saturated rings. The van der Waals surface area contributed by atoms with E-state index in [0.29, 0.717) is 23.4 Å². The second-order valence-electron chi connectivity index (χ2n) is 2.88. The van der Waals surface area contributed by atoms with E-state index in [0.717, 1.165) is 0 Å². The lowest BCUT2D eigenvalue weighted by Crippen LogP contribution is -2.00. The molecule has 0 aliphatic carbocycles. The van der Waals surface area contributed by atoms with E-state index < -0.39 is 0 Å². The fourth-order valence-corrected chi connectivity index (χ4v) is 1.50. The molecule has 6 heteroatoms. The van der Waals surface area contributed by atoms with Crippen LogP contribution in [-0.2, 0) is 0 Å². The molecule has 15 heavy (non-hydrogen) atoms. The first-order valence-electron chi connectivity index (χ1n) is 4.20. The molecule has 0 bridgehead atoms. The van der Waals surface area contributed by atoms with Crippen molar-refractivity contribution in [2.75, 3.05) is 0 Å². The second-order valence-corrected chi connectivity index (χ2v) is 3.24. The molecule has 2 heterocycles. The summed E-state index contributed by atoms with van der Waals surface area (Å²) < 4.78 is 1.38. The Kier molecular flexibility index (Phi) is 2.47. The Morgan fingerprint density at radius 1 is 1.47 bits per heavy atom. The number of carbonyl (C=O) groups excluding carboxylic acids is 1. The minimum absolute atomic E-state index is 0.253. The fraction of sp³-hybridized carbons (Fsp3) is 0.111. The summed E-state index contributed by atoms with van der Waals surface area (Å²) in [5.41, 5.74) is 0.947. The van der Waals surface area contributed by atoms with Crippen LogP contribution in [0.25, 0.3) is 5.82 Å². The molecule has 0 unspecified atom stereocenters. The highest BCUT2D eigenvalue weighted by molar-refractivity contribution is 6.32. The van der Waals surface area contributed by atoms with E-state index >= 15 is 0 Å². The van der Waals surface area contributed by atoms with E-state index in [2.05, 4.69) is 15.1 Å². The number of aldehydes is 1. The summed E-state index contributed by atoms with van der Waals surface area (Å²) in [6, 6.07) is 0. The van der Waals surface area contributed by atoms with Crippen LogP contribution in [0.4, 0.5) is 0 Å². The van der Waals surface area contributed by atoms with Gasteiger partial charge in [-0.3, -0.25) is 9.78 Å². The van der Waals surface area contributed by atoms with Crippen molar-refractivity contribution >= 4 is 17.9 Å². The van der Waals surface area contributed by atoms with Crippen molar-refractivity contribution in [3.8, 4) is 5.82 Å². The molecule has 0 amide bonds. The molecular weight excluding hydrogens is 216 g/mol. The summed E-state index contributed by atoms with van der Waals surface area (Å²) >= 11 is 5.97. The van der Waals surface area contributed by atoms with E-state index in [1.807, 2.05) is 0 Å². The van der Waals surface area contributed by atoms with Crippen LogP contribution in [0.3, 0.4) is 0 Å². The van der Waals surface area contributed by atoms with Gasteiger partial charge in [-0.1, -0.05) is 11.6 Å². The third-order valence-electron chi connectivity index (χ3n) is 1.93. The molecule has 0 saturated heterocycles. The SMILES string of the molecule is Cc1nn(-c2cnccn2)c(Cl)c1C=O. The van der Waals surface area contributed by atoms with Gasteiger partial charge in [-0.2, -0.15) is 5.10 Å². The van der Waals surface area contributed by atoms with Crippen LogP contribution in [0.1, 0.15) is 16.1 Å². The van der Waals surface area contributed by atoms with Crippen LogP contribution in [-0.4, -0.2) is 26.0 Å². The van der Waals surface area contributed by atoms with Crippen LogP contribution in [0.15, 0.2) is 18.6 Å². The zero-order valence-electron chi connectivity index (χ0n) is 7.88. The molecular formula is C9H7ClN4O. The molecule has 0 aliphatic rings. The maximum absolute atomic E-state index is 10.7. The monoisotopic (exact) mass is 222 g/mol. The second kappa shape index (κ2) is 3.78. The van der Waals surface area contributed by atoms with Crippen molar-refractivity contribution in [3.05, 3.63) is 35.0 Å². The molecule has 0 radical (unpaired) electrons. The van der Waals surface area contributed by atoms with Gasteiger partial charge in [-0.05, 0) is 6.92 Å². The van der Waals surface area contributed by atoms with Gasteiger partial charge in [0.05, 0.1) is 17.5 Å². The van der Waals surface area contributed by atoms with Gasteiger partial charge in [0.2, 0.25) is 0 Å². The van der Waals surface area contributed by atoms with Gasteiger partial charge in [0.1, 0.15) is 5.15 Å². The third-order valence-corrected chi connectivity index (χ3v) is 2.30. The summed E-state index contributed by atoms with van der Waals surface area (Å²) in [6.07, 6.45) is 5.28. The molecule has 0 aliphatic heterocycles. The Morgan fingerprint density at radius 2 is 2.27 bits per heavy atom. The molecule has 0 spiro atoms. The quantitative estimate of drug-likeness (QED) is 0.722. The van der Waals surface area contributed by atoms with Crippen LogP contribution in [0, 0.1) is 6.92 Å². The molecule has 0 saturated carbocycles. The minimum atomic E-state index is 0.253. The number of aryl methyl sites for hydroxylation is 1. The standard InChI is InChI=1S/C9H7ClN4O/c1-6-7(5-15)9(10)14(13-6)8-4-11-2-3-12-8/h2-5H,1H3. The average molecular weight is 223 g/mol. The van der Waals surface area contributed by atoms with Gasteiger partial charge in [-0.15, -0.1) is 0 Å². The van der Waals surface area contributed by atoms with Crippen molar-refractivity contribution in [3.63, 3.8) is 0 Å². The van der Waals surface area contributed by atoms with Crippen molar-refractivity contribution in [1.82, 2.24) is 19.7 Å². The Labute approximate surface area is 90.7 Å². The average Bonchev–Trinajstić information content (AvgIpc) is 2.55. The van der Waals surface area contributed by atoms with E-state index in [9.17, 15) is 4.79 Å². The zero-order valence-corrected chi connectivity index (χ0v) is 8.64. The minimum Gasteiger partial charge on any atom is -0.298 e. The van der Waals surface area contributed by atoms with Crippen molar-refractivity contribution in [2.45, 2.75) is 6.92 Å². The highest BCUT2D eigenvalue weighted by Gasteiger charge is 2.14. The fourth-order valence-electron chi connectivity index (χ4n) is 1.20. The van der Waals surface area contributed by atoms with Crippen molar-refractivity contribution in [1.29, 1.82) is 0 Å². The Balaban J connectivity index is 2.60. The highest BCUT2D eigenvalue weighted by Crippen LogP contribution is 2.20. The first-order chi connectivity index (χ1) is 7.24. The summed E-state index contributed by atoms with van der Waals surface area (Å²) in [5, 5.41) is 4.36. The smallest absolute Gasteiger partial charge is 0.173 e. The summed E-state index contributed by atoms with van der Waals surface area (Å²) in [6.45, 7) is 1.71. The number of aromatic nitrogens is 4. The van der Waals surface area contributed by atoms with Crippen LogP contribution in [0.2, 0.25) is 5.15 Å². The molecule has 76 valence electrons. The van der Waals surface area contributed by atoms with Crippen molar-refractivity contribution < 1.29 is 4.79 Å². The third kappa shape index (κ3) is 1.61. The highest BCUT2D eigenvalue weighted by atomic mass is 35.5. The maximum atomic E-state index is 10.7. The summed E-state index contributed by atoms with van der Waals surface area (Å²) in [7, 11) is 0. The number of nitrogens with zero attached hydrogens (tertiary/aromatic N) is 4. The number of rotatable bonds is 2. The van der Waals surface area contributed by atoms with Gasteiger partial charge in [-0.25, -0.2) is 9.67 Å². The topological polar surface area (TPSA) is 60.7 Å².